The second-order valence-electron chi connectivity index (χ2n) is 8.12. The van der Waals surface area contributed by atoms with Gasteiger partial charge in [-0.15, -0.1) is 34.2 Å². The zero-order valence-electron chi connectivity index (χ0n) is 18.7. The average molecular weight is 543 g/mol. The lowest BCUT2D eigenvalue weighted by Gasteiger charge is -2.28. The predicted molar refractivity (Wildman–Crippen MR) is 130 cm³/mol. The Hall–Kier alpha value is -1.73. The van der Waals surface area contributed by atoms with Crippen LogP contribution in [0.2, 0.25) is 0 Å². The Kier molecular flexibility index (Phi) is 8.67. The van der Waals surface area contributed by atoms with Crippen LogP contribution >= 0.6 is 24.0 Å². The van der Waals surface area contributed by atoms with Crippen LogP contribution in [0.15, 0.2) is 17.4 Å². The second kappa shape index (κ2) is 11.2. The molecule has 0 radical (unpaired) electrons. The summed E-state index contributed by atoms with van der Waals surface area (Å²) >= 11 is 0. The summed E-state index contributed by atoms with van der Waals surface area (Å²) in [6.45, 7) is 9.92. The molecule has 0 amide bonds. The normalized spacial score (nSPS) is 20.2. The molecule has 4 heterocycles. The maximum atomic E-state index is 5.45. The summed E-state index contributed by atoms with van der Waals surface area (Å²) in [6.07, 6.45) is 5.22. The van der Waals surface area contributed by atoms with E-state index in [0.717, 1.165) is 76.5 Å². The maximum absolute atomic E-state index is 5.45. The molecule has 4 rings (SSSR count). The largest absolute Gasteiger partial charge is 0.379 e. The Morgan fingerprint density at radius 2 is 2.03 bits per heavy atom. The molecule has 0 aromatic carbocycles. The first kappa shape index (κ1) is 23.9. The zero-order chi connectivity index (χ0) is 20.9. The van der Waals surface area contributed by atoms with Crippen molar-refractivity contribution >= 4 is 29.9 Å². The number of aromatic nitrogens is 5. The van der Waals surface area contributed by atoms with Crippen molar-refractivity contribution in [2.24, 2.45) is 19.1 Å². The first-order chi connectivity index (χ1) is 14.6. The van der Waals surface area contributed by atoms with Gasteiger partial charge >= 0.3 is 0 Å². The number of guanidine groups is 1. The second-order valence-corrected chi connectivity index (χ2v) is 8.12. The number of nitrogens with one attached hydrogen (secondary N) is 1. The van der Waals surface area contributed by atoms with Crippen molar-refractivity contribution in [3.8, 4) is 0 Å². The van der Waals surface area contributed by atoms with Crippen LogP contribution < -0.4 is 5.32 Å². The fourth-order valence-corrected chi connectivity index (χ4v) is 4.03. The number of aliphatic imine (C=N–C) groups is 1. The highest BCUT2D eigenvalue weighted by atomic mass is 127. The molecule has 1 N–H and O–H groups in total. The number of nitrogens with zero attached hydrogens (tertiary/aromatic N) is 8. The van der Waals surface area contributed by atoms with Crippen LogP contribution in [0.5, 0.6) is 0 Å². The van der Waals surface area contributed by atoms with Gasteiger partial charge in [-0.25, -0.2) is 4.99 Å². The number of hydrogen-bond donors (Lipinski definition) is 1. The van der Waals surface area contributed by atoms with Crippen LogP contribution in [-0.4, -0.2) is 92.8 Å². The number of ether oxygens (including phenoxy) is 1. The zero-order valence-corrected chi connectivity index (χ0v) is 21.0. The van der Waals surface area contributed by atoms with Crippen molar-refractivity contribution in [3.63, 3.8) is 0 Å². The van der Waals surface area contributed by atoms with Gasteiger partial charge in [-0.3, -0.25) is 9.58 Å². The number of morpholine rings is 1. The minimum atomic E-state index is 0. The Balaban J connectivity index is 0.00000272. The summed E-state index contributed by atoms with van der Waals surface area (Å²) in [7, 11) is 3.96. The van der Waals surface area contributed by atoms with E-state index < -0.39 is 0 Å². The third-order valence-corrected chi connectivity index (χ3v) is 6.05. The van der Waals surface area contributed by atoms with Gasteiger partial charge in [0.05, 0.1) is 19.4 Å². The van der Waals surface area contributed by atoms with Crippen molar-refractivity contribution in [2.45, 2.75) is 25.8 Å². The Morgan fingerprint density at radius 1 is 1.23 bits per heavy atom. The van der Waals surface area contributed by atoms with Crippen LogP contribution in [-0.2, 0) is 25.4 Å². The Morgan fingerprint density at radius 3 is 2.71 bits per heavy atom. The van der Waals surface area contributed by atoms with Crippen molar-refractivity contribution < 1.29 is 4.74 Å². The number of aryl methyl sites for hydroxylation is 2. The first-order valence-electron chi connectivity index (χ1n) is 10.8. The molecule has 10 nitrogen and oxygen atoms in total. The fraction of sp³-hybridized carbons (Fsp3) is 0.700. The molecule has 2 aliphatic rings. The standard InChI is InChI=1S/C20H33N9O.HI/c1-16-24-25-19(27(16)3)13-22-20(21-5-7-28-8-10-30-11-9-28)29-6-4-17(15-29)18-12-23-26(2)14-18;/h12,14,17H,4-11,13,15H2,1-3H3,(H,21,22);1H. The summed E-state index contributed by atoms with van der Waals surface area (Å²) in [5.74, 6) is 3.22. The lowest BCUT2D eigenvalue weighted by atomic mass is 10.0. The number of halogens is 1. The molecule has 2 saturated heterocycles. The van der Waals surface area contributed by atoms with Crippen LogP contribution in [0.3, 0.4) is 0 Å². The topological polar surface area (TPSA) is 88.6 Å². The maximum Gasteiger partial charge on any atom is 0.194 e. The lowest BCUT2D eigenvalue weighted by Crippen LogP contribution is -2.45. The minimum Gasteiger partial charge on any atom is -0.379 e. The molecular formula is C20H34IN9O. The molecule has 172 valence electrons. The van der Waals surface area contributed by atoms with Crippen LogP contribution in [0.25, 0.3) is 0 Å². The molecule has 2 fully saturated rings. The Bertz CT molecular complexity index is 859. The van der Waals surface area contributed by atoms with Crippen molar-refractivity contribution in [3.05, 3.63) is 29.6 Å². The monoisotopic (exact) mass is 543 g/mol. The molecule has 0 spiro atoms. The number of likely N-dealkylation sites (tertiary alicyclic amines) is 1. The van der Waals surface area contributed by atoms with E-state index in [1.807, 2.05) is 36.5 Å². The predicted octanol–water partition coefficient (Wildman–Crippen LogP) is 0.742. The molecule has 0 bridgehead atoms. The highest BCUT2D eigenvalue weighted by Crippen LogP contribution is 2.26. The van der Waals surface area contributed by atoms with Crippen LogP contribution in [0, 0.1) is 6.92 Å². The van der Waals surface area contributed by atoms with Gasteiger partial charge in [0.1, 0.15) is 12.4 Å². The van der Waals surface area contributed by atoms with Gasteiger partial charge in [-0.2, -0.15) is 5.10 Å². The van der Waals surface area contributed by atoms with E-state index in [-0.39, 0.29) is 24.0 Å². The molecule has 31 heavy (non-hydrogen) atoms. The smallest absolute Gasteiger partial charge is 0.194 e. The van der Waals surface area contributed by atoms with E-state index in [9.17, 15) is 0 Å². The van der Waals surface area contributed by atoms with Gasteiger partial charge in [0.2, 0.25) is 0 Å². The van der Waals surface area contributed by atoms with Gasteiger partial charge in [0, 0.05) is 65.5 Å². The van der Waals surface area contributed by atoms with Crippen molar-refractivity contribution in [1.82, 2.24) is 39.7 Å². The molecule has 0 saturated carbocycles. The van der Waals surface area contributed by atoms with Gasteiger partial charge in [0.25, 0.3) is 0 Å². The molecule has 2 aromatic rings. The average Bonchev–Trinajstić information content (AvgIpc) is 3.48. The molecule has 11 heteroatoms. The van der Waals surface area contributed by atoms with Crippen LogP contribution in [0.4, 0.5) is 0 Å². The van der Waals surface area contributed by atoms with E-state index in [1.54, 1.807) is 0 Å². The van der Waals surface area contributed by atoms with Gasteiger partial charge in [0.15, 0.2) is 11.8 Å². The number of rotatable bonds is 6. The third-order valence-electron chi connectivity index (χ3n) is 6.05. The third kappa shape index (κ3) is 6.16. The van der Waals surface area contributed by atoms with E-state index in [0.29, 0.717) is 12.5 Å². The van der Waals surface area contributed by atoms with Gasteiger partial charge in [-0.1, -0.05) is 0 Å². The highest BCUT2D eigenvalue weighted by molar-refractivity contribution is 14.0. The van der Waals surface area contributed by atoms with Crippen molar-refractivity contribution in [2.75, 3.05) is 52.5 Å². The summed E-state index contributed by atoms with van der Waals surface area (Å²) in [4.78, 5) is 9.70. The minimum absolute atomic E-state index is 0. The van der Waals surface area contributed by atoms with Gasteiger partial charge in [-0.05, 0) is 18.9 Å². The Labute approximate surface area is 201 Å². The molecule has 2 aromatic heterocycles. The SMILES string of the molecule is Cc1nnc(CN=C(NCCN2CCOCC2)N2CCC(c3cnn(C)c3)C2)n1C.I. The summed E-state index contributed by atoms with van der Waals surface area (Å²) < 4.78 is 9.32. The molecule has 0 aliphatic carbocycles. The summed E-state index contributed by atoms with van der Waals surface area (Å²) in [6, 6.07) is 0. The van der Waals surface area contributed by atoms with Crippen LogP contribution in [0.1, 0.15) is 29.6 Å². The molecule has 1 atom stereocenters. The fourth-order valence-electron chi connectivity index (χ4n) is 4.03. The van der Waals surface area contributed by atoms with E-state index >= 15 is 0 Å². The van der Waals surface area contributed by atoms with E-state index in [4.69, 9.17) is 9.73 Å². The highest BCUT2D eigenvalue weighted by Gasteiger charge is 2.27. The van der Waals surface area contributed by atoms with E-state index in [1.165, 1.54) is 5.56 Å². The summed E-state index contributed by atoms with van der Waals surface area (Å²) in [5, 5.41) is 16.3. The van der Waals surface area contributed by atoms with E-state index in [2.05, 4.69) is 36.6 Å². The lowest BCUT2D eigenvalue weighted by molar-refractivity contribution is 0.0388. The molecular weight excluding hydrogens is 509 g/mol. The number of hydrogen-bond acceptors (Lipinski definition) is 6. The summed E-state index contributed by atoms with van der Waals surface area (Å²) in [5.41, 5.74) is 1.30. The molecule has 1 unspecified atom stereocenters. The van der Waals surface area contributed by atoms with Gasteiger partial charge < -0.3 is 19.5 Å². The van der Waals surface area contributed by atoms with Crippen molar-refractivity contribution in [1.29, 1.82) is 0 Å². The first-order valence-corrected chi connectivity index (χ1v) is 10.8. The quantitative estimate of drug-likeness (QED) is 0.327. The molecule has 2 aliphatic heterocycles.